The molecular weight excluding hydrogens is 1390 g/mol. The van der Waals surface area contributed by atoms with Crippen LogP contribution in [0.15, 0.2) is 0 Å². The molecule has 19 heteroatoms. The van der Waals surface area contributed by atoms with Crippen LogP contribution in [-0.2, 0) is 65.4 Å². The molecule has 107 heavy (non-hydrogen) atoms. The molecule has 17 nitrogen and oxygen atoms in total. The summed E-state index contributed by atoms with van der Waals surface area (Å²) in [5.74, 6) is -0.455. The van der Waals surface area contributed by atoms with Crippen LogP contribution in [0.1, 0.15) is 472 Å². The fraction of sp³-hybridized carbons (Fsp3) is 0.955. The van der Waals surface area contributed by atoms with Crippen LogP contribution in [0.2, 0.25) is 0 Å². The van der Waals surface area contributed by atoms with Gasteiger partial charge in [-0.1, -0.05) is 420 Å². The Balaban J connectivity index is 5.21. The smallest absolute Gasteiger partial charge is 0.462 e. The van der Waals surface area contributed by atoms with E-state index in [0.29, 0.717) is 25.7 Å². The van der Waals surface area contributed by atoms with Crippen LogP contribution in [0.5, 0.6) is 0 Å². The minimum atomic E-state index is -4.97. The van der Waals surface area contributed by atoms with Gasteiger partial charge in [-0.15, -0.1) is 0 Å². The summed E-state index contributed by atoms with van der Waals surface area (Å²) in [4.78, 5) is 73.2. The molecule has 0 aromatic carbocycles. The van der Waals surface area contributed by atoms with Gasteiger partial charge in [-0.25, -0.2) is 9.13 Å². The number of hydrogen-bond donors (Lipinski definition) is 3. The van der Waals surface area contributed by atoms with Gasteiger partial charge in [0.2, 0.25) is 0 Å². The number of aliphatic hydroxyl groups is 1. The monoisotopic (exact) mass is 1560 g/mol. The van der Waals surface area contributed by atoms with Crippen molar-refractivity contribution >= 4 is 39.5 Å². The largest absolute Gasteiger partial charge is 0.472 e. The molecule has 0 bridgehead atoms. The third-order valence-corrected chi connectivity index (χ3v) is 22.6. The highest BCUT2D eigenvalue weighted by atomic mass is 31.2. The topological polar surface area (TPSA) is 237 Å². The Labute approximate surface area is 658 Å². The molecular formula is C88H172O17P2. The molecule has 0 fully saturated rings. The zero-order valence-electron chi connectivity index (χ0n) is 70.5. The van der Waals surface area contributed by atoms with Crippen LogP contribution in [0.3, 0.4) is 0 Å². The van der Waals surface area contributed by atoms with Crippen LogP contribution in [0.25, 0.3) is 0 Å². The lowest BCUT2D eigenvalue weighted by Crippen LogP contribution is -2.30. The number of ether oxygens (including phenoxy) is 4. The maximum absolute atomic E-state index is 13.2. The van der Waals surface area contributed by atoms with Crippen LogP contribution >= 0.6 is 15.6 Å². The molecule has 0 saturated carbocycles. The third-order valence-electron chi connectivity index (χ3n) is 20.7. The summed E-state index contributed by atoms with van der Waals surface area (Å²) >= 11 is 0. The van der Waals surface area contributed by atoms with Gasteiger partial charge in [0.25, 0.3) is 0 Å². The summed E-state index contributed by atoms with van der Waals surface area (Å²) in [6, 6.07) is 0. The molecule has 0 spiro atoms. The van der Waals surface area contributed by atoms with Crippen LogP contribution in [0, 0.1) is 11.8 Å². The molecule has 0 rings (SSSR count). The van der Waals surface area contributed by atoms with Crippen molar-refractivity contribution in [1.82, 2.24) is 0 Å². The van der Waals surface area contributed by atoms with Crippen molar-refractivity contribution in [2.75, 3.05) is 39.6 Å². The van der Waals surface area contributed by atoms with Crippen molar-refractivity contribution in [3.05, 3.63) is 0 Å². The van der Waals surface area contributed by atoms with E-state index >= 15 is 0 Å². The number of aliphatic hydroxyl groups excluding tert-OH is 1. The van der Waals surface area contributed by atoms with E-state index in [0.717, 1.165) is 102 Å². The van der Waals surface area contributed by atoms with E-state index in [1.807, 2.05) is 0 Å². The number of carbonyl (C=O) groups is 4. The number of phosphoric ester groups is 2. The molecule has 0 aliphatic carbocycles. The maximum Gasteiger partial charge on any atom is 0.472 e. The summed E-state index contributed by atoms with van der Waals surface area (Å²) in [7, 11) is -9.93. The predicted octanol–water partition coefficient (Wildman–Crippen LogP) is 27.0. The molecule has 0 amide bonds. The number of carbonyl (C=O) groups excluding carboxylic acids is 4. The first kappa shape index (κ1) is 105. The van der Waals surface area contributed by atoms with Gasteiger partial charge in [0, 0.05) is 25.7 Å². The molecule has 5 atom stereocenters. The molecule has 3 N–H and O–H groups in total. The van der Waals surface area contributed by atoms with Crippen LogP contribution in [0.4, 0.5) is 0 Å². The summed E-state index contributed by atoms with van der Waals surface area (Å²) in [5, 5.41) is 10.7. The van der Waals surface area contributed by atoms with Gasteiger partial charge < -0.3 is 33.8 Å². The highest BCUT2D eigenvalue weighted by Gasteiger charge is 2.30. The number of unbranched alkanes of at least 4 members (excludes halogenated alkanes) is 57. The summed E-state index contributed by atoms with van der Waals surface area (Å²) < 4.78 is 68.9. The lowest BCUT2D eigenvalue weighted by atomic mass is 10.0. The molecule has 0 radical (unpaired) electrons. The Morgan fingerprint density at radius 3 is 0.636 bits per heavy atom. The van der Waals surface area contributed by atoms with E-state index in [2.05, 4.69) is 41.5 Å². The molecule has 0 aromatic heterocycles. The second kappa shape index (κ2) is 79.3. The second-order valence-corrected chi connectivity index (χ2v) is 35.5. The van der Waals surface area contributed by atoms with E-state index in [1.54, 1.807) is 0 Å². The summed E-state index contributed by atoms with van der Waals surface area (Å²) in [6.45, 7) is 9.75. The van der Waals surface area contributed by atoms with Crippen molar-refractivity contribution < 1.29 is 80.2 Å². The second-order valence-electron chi connectivity index (χ2n) is 32.6. The summed E-state index contributed by atoms with van der Waals surface area (Å²) in [5.41, 5.74) is 0. The van der Waals surface area contributed by atoms with Crippen molar-refractivity contribution in [3.8, 4) is 0 Å². The van der Waals surface area contributed by atoms with Gasteiger partial charge in [-0.2, -0.15) is 0 Å². The van der Waals surface area contributed by atoms with Gasteiger partial charge in [0.1, 0.15) is 19.3 Å². The van der Waals surface area contributed by atoms with E-state index in [1.165, 1.54) is 289 Å². The normalized spacial score (nSPS) is 13.8. The molecule has 2 unspecified atom stereocenters. The van der Waals surface area contributed by atoms with Gasteiger partial charge in [0.15, 0.2) is 12.2 Å². The highest BCUT2D eigenvalue weighted by Crippen LogP contribution is 2.45. The van der Waals surface area contributed by atoms with Crippen molar-refractivity contribution in [3.63, 3.8) is 0 Å². The zero-order valence-corrected chi connectivity index (χ0v) is 72.2. The first-order chi connectivity index (χ1) is 51.9. The third kappa shape index (κ3) is 81.9. The maximum atomic E-state index is 13.2. The van der Waals surface area contributed by atoms with Crippen LogP contribution < -0.4 is 0 Å². The van der Waals surface area contributed by atoms with Crippen molar-refractivity contribution in [2.45, 2.75) is 490 Å². The fourth-order valence-electron chi connectivity index (χ4n) is 13.8. The Morgan fingerprint density at radius 1 is 0.252 bits per heavy atom. The number of hydrogen-bond acceptors (Lipinski definition) is 15. The Morgan fingerprint density at radius 2 is 0.430 bits per heavy atom. The lowest BCUT2D eigenvalue weighted by molar-refractivity contribution is -0.161. The lowest BCUT2D eigenvalue weighted by Gasteiger charge is -2.21. The van der Waals surface area contributed by atoms with E-state index in [4.69, 9.17) is 37.0 Å². The Hall–Kier alpha value is -1.94. The van der Waals surface area contributed by atoms with Gasteiger partial charge in [-0.05, 0) is 37.5 Å². The predicted molar refractivity (Wildman–Crippen MR) is 442 cm³/mol. The number of esters is 4. The molecule has 0 heterocycles. The number of rotatable bonds is 87. The van der Waals surface area contributed by atoms with Gasteiger partial charge >= 0.3 is 39.5 Å². The zero-order chi connectivity index (χ0) is 78.5. The Kier molecular flexibility index (Phi) is 77.9. The van der Waals surface area contributed by atoms with Crippen molar-refractivity contribution in [2.24, 2.45) is 11.8 Å². The van der Waals surface area contributed by atoms with E-state index in [9.17, 15) is 43.2 Å². The molecule has 0 aliphatic heterocycles. The first-order valence-corrected chi connectivity index (χ1v) is 48.5. The highest BCUT2D eigenvalue weighted by molar-refractivity contribution is 7.47. The molecule has 0 aliphatic rings. The molecule has 0 aromatic rings. The van der Waals surface area contributed by atoms with Crippen LogP contribution in [-0.4, -0.2) is 96.7 Å². The van der Waals surface area contributed by atoms with Crippen molar-refractivity contribution in [1.29, 1.82) is 0 Å². The van der Waals surface area contributed by atoms with Gasteiger partial charge in [0.05, 0.1) is 26.4 Å². The van der Waals surface area contributed by atoms with E-state index < -0.39 is 97.5 Å². The SMILES string of the molecule is CCCCCCCCCCCCCCCCCC(=O)O[C@H](COC(=O)CCCCCCCCCCCC)COP(=O)(O)OC[C@H](O)COP(=O)(O)OC[C@@H](COC(=O)CCCCCCCCCCCCCCCCCCCCC(C)C)OC(=O)CCCCCCCCCCCCCCCCCCCCC(C)C. The fourth-order valence-corrected chi connectivity index (χ4v) is 15.4. The average Bonchev–Trinajstić information content (AvgIpc) is 0.955. The minimum Gasteiger partial charge on any atom is -0.462 e. The number of phosphoric acid groups is 2. The summed E-state index contributed by atoms with van der Waals surface area (Å²) in [6.07, 6.45) is 72.2. The first-order valence-electron chi connectivity index (χ1n) is 45.5. The molecule has 0 saturated heterocycles. The van der Waals surface area contributed by atoms with E-state index in [-0.39, 0.29) is 25.7 Å². The minimum absolute atomic E-state index is 0.109. The van der Waals surface area contributed by atoms with Gasteiger partial charge in [-0.3, -0.25) is 37.3 Å². The quantitative estimate of drug-likeness (QED) is 0.0222. The molecule has 636 valence electrons. The standard InChI is InChI=1S/C88H172O17P2/c1-7-9-11-13-15-17-19-20-29-37-42-48-54-60-66-72-87(92)104-83(76-98-85(90)70-64-58-52-46-18-16-14-12-10-8-2)78-102-106(94,95)100-74-82(89)75-101-107(96,97)103-79-84(105-88(93)73-67-61-55-49-43-38-33-28-24-22-26-31-35-40-45-51-57-63-69-81(5)6)77-99-86(91)71-65-59-53-47-41-36-32-27-23-21-25-30-34-39-44-50-56-62-68-80(3)4/h80-84,89H,7-79H2,1-6H3,(H,94,95)(H,96,97)/t82-,83+,84+/m0/s1. The Bertz CT molecular complexity index is 2050. The average molecular weight is 1560 g/mol.